The summed E-state index contributed by atoms with van der Waals surface area (Å²) in [6, 6.07) is 15.1. The van der Waals surface area contributed by atoms with Gasteiger partial charge in [-0.05, 0) is 55.7 Å². The SMILES string of the molecule is CCCCOc1ccc(C(=O)N2C=C(C(=O)OCC)c3[nH]c4ccccc4c3CC2)cc1. The summed E-state index contributed by atoms with van der Waals surface area (Å²) in [5.74, 6) is 0.135. The van der Waals surface area contributed by atoms with Crippen molar-refractivity contribution in [1.29, 1.82) is 0 Å². The predicted molar refractivity (Wildman–Crippen MR) is 124 cm³/mol. The van der Waals surface area contributed by atoms with E-state index in [2.05, 4.69) is 11.9 Å². The molecule has 1 aromatic heterocycles. The monoisotopic (exact) mass is 432 g/mol. The van der Waals surface area contributed by atoms with Crippen LogP contribution in [0.25, 0.3) is 16.5 Å². The molecule has 1 aliphatic heterocycles. The first kappa shape index (κ1) is 21.7. The van der Waals surface area contributed by atoms with E-state index in [1.165, 1.54) is 0 Å². The Morgan fingerprint density at radius 3 is 2.59 bits per heavy atom. The molecule has 0 atom stereocenters. The molecule has 1 N–H and O–H groups in total. The summed E-state index contributed by atoms with van der Waals surface area (Å²) in [5.41, 5.74) is 3.62. The van der Waals surface area contributed by atoms with Crippen LogP contribution in [-0.2, 0) is 16.0 Å². The van der Waals surface area contributed by atoms with Crippen molar-refractivity contribution in [3.63, 3.8) is 0 Å². The van der Waals surface area contributed by atoms with Crippen LogP contribution in [0, 0.1) is 0 Å². The van der Waals surface area contributed by atoms with E-state index in [9.17, 15) is 9.59 Å². The zero-order chi connectivity index (χ0) is 22.5. The van der Waals surface area contributed by atoms with Crippen molar-refractivity contribution in [1.82, 2.24) is 9.88 Å². The fraction of sp³-hybridized carbons (Fsp3) is 0.308. The van der Waals surface area contributed by atoms with Gasteiger partial charge in [-0.3, -0.25) is 4.79 Å². The summed E-state index contributed by atoms with van der Waals surface area (Å²) in [7, 11) is 0. The number of nitrogens with one attached hydrogen (secondary N) is 1. The van der Waals surface area contributed by atoms with Gasteiger partial charge in [0.2, 0.25) is 0 Å². The number of H-pyrrole nitrogens is 1. The number of rotatable bonds is 7. The standard InChI is InChI=1S/C26H28N2O4/c1-3-5-16-32-19-12-10-18(11-13-19)25(29)28-15-14-21-20-8-6-7-9-23(20)27-24(21)22(17-28)26(30)31-4-2/h6-13,17,27H,3-5,14-16H2,1-2H3. The van der Waals surface area contributed by atoms with E-state index in [0.29, 0.717) is 30.7 Å². The van der Waals surface area contributed by atoms with Crippen LogP contribution < -0.4 is 4.74 Å². The Morgan fingerprint density at radius 2 is 1.84 bits per heavy atom. The molecule has 2 aromatic carbocycles. The number of nitrogens with zero attached hydrogens (tertiary/aromatic N) is 1. The van der Waals surface area contributed by atoms with Crippen LogP contribution in [0.15, 0.2) is 54.7 Å². The van der Waals surface area contributed by atoms with Gasteiger partial charge in [0, 0.05) is 29.2 Å². The number of esters is 1. The number of fused-ring (bicyclic) bond motifs is 3. The molecular weight excluding hydrogens is 404 g/mol. The minimum atomic E-state index is -0.445. The van der Waals surface area contributed by atoms with Crippen LogP contribution in [0.3, 0.4) is 0 Å². The number of ether oxygens (including phenoxy) is 2. The van der Waals surface area contributed by atoms with E-state index in [4.69, 9.17) is 9.47 Å². The lowest BCUT2D eigenvalue weighted by Gasteiger charge is -2.18. The van der Waals surface area contributed by atoms with E-state index in [1.54, 1.807) is 30.2 Å². The fourth-order valence-electron chi connectivity index (χ4n) is 3.92. The molecule has 0 spiro atoms. The number of carbonyl (C=O) groups is 2. The van der Waals surface area contributed by atoms with Gasteiger partial charge in [0.15, 0.2) is 0 Å². The molecule has 3 aromatic rings. The highest BCUT2D eigenvalue weighted by atomic mass is 16.5. The van der Waals surface area contributed by atoms with Crippen molar-refractivity contribution >= 4 is 28.4 Å². The second-order valence-electron chi connectivity index (χ2n) is 7.76. The van der Waals surface area contributed by atoms with Crippen molar-refractivity contribution in [3.8, 4) is 5.75 Å². The van der Waals surface area contributed by atoms with Gasteiger partial charge < -0.3 is 19.4 Å². The second kappa shape index (κ2) is 9.73. The first-order valence-electron chi connectivity index (χ1n) is 11.1. The first-order chi connectivity index (χ1) is 15.6. The van der Waals surface area contributed by atoms with Crippen molar-refractivity contribution in [2.24, 2.45) is 0 Å². The number of carbonyl (C=O) groups excluding carboxylic acids is 2. The van der Waals surface area contributed by atoms with Crippen LogP contribution in [0.2, 0.25) is 0 Å². The minimum Gasteiger partial charge on any atom is -0.494 e. The van der Waals surface area contributed by atoms with E-state index in [0.717, 1.165) is 40.8 Å². The Bertz CT molecular complexity index is 1140. The summed E-state index contributed by atoms with van der Waals surface area (Å²) in [4.78, 5) is 31.0. The number of aromatic nitrogens is 1. The highest BCUT2D eigenvalue weighted by Crippen LogP contribution is 2.31. The number of aromatic amines is 1. The van der Waals surface area contributed by atoms with Gasteiger partial charge in [-0.2, -0.15) is 0 Å². The number of amides is 1. The van der Waals surface area contributed by atoms with Crippen LogP contribution in [0.1, 0.15) is 48.3 Å². The largest absolute Gasteiger partial charge is 0.494 e. The highest BCUT2D eigenvalue weighted by Gasteiger charge is 2.27. The number of unbranched alkanes of at least 4 members (excludes halogenated alkanes) is 1. The van der Waals surface area contributed by atoms with Crippen molar-refractivity contribution in [2.75, 3.05) is 19.8 Å². The molecule has 6 nitrogen and oxygen atoms in total. The smallest absolute Gasteiger partial charge is 0.341 e. The molecule has 0 saturated carbocycles. The molecular formula is C26H28N2O4. The highest BCUT2D eigenvalue weighted by molar-refractivity contribution is 6.18. The number of hydrogen-bond acceptors (Lipinski definition) is 4. The molecule has 32 heavy (non-hydrogen) atoms. The molecule has 0 saturated heterocycles. The molecule has 1 amide bonds. The second-order valence-corrected chi connectivity index (χ2v) is 7.76. The molecule has 4 rings (SSSR count). The molecule has 0 aliphatic carbocycles. The molecule has 0 fully saturated rings. The normalized spacial score (nSPS) is 13.3. The molecule has 2 heterocycles. The van der Waals surface area contributed by atoms with Gasteiger partial charge in [0.1, 0.15) is 5.75 Å². The molecule has 0 bridgehead atoms. The molecule has 0 unspecified atom stereocenters. The van der Waals surface area contributed by atoms with Crippen molar-refractivity contribution in [2.45, 2.75) is 33.1 Å². The summed E-state index contributed by atoms with van der Waals surface area (Å²) >= 11 is 0. The van der Waals surface area contributed by atoms with Gasteiger partial charge in [-0.25, -0.2) is 4.79 Å². The third kappa shape index (κ3) is 4.40. The summed E-state index contributed by atoms with van der Waals surface area (Å²) in [6.07, 6.45) is 4.30. The maximum absolute atomic E-state index is 13.3. The lowest BCUT2D eigenvalue weighted by molar-refractivity contribution is -0.136. The number of benzene rings is 2. The predicted octanol–water partition coefficient (Wildman–Crippen LogP) is 4.95. The third-order valence-electron chi connectivity index (χ3n) is 5.59. The lowest BCUT2D eigenvalue weighted by Crippen LogP contribution is -2.28. The summed E-state index contributed by atoms with van der Waals surface area (Å²) < 4.78 is 11.0. The van der Waals surface area contributed by atoms with Gasteiger partial charge in [-0.15, -0.1) is 0 Å². The Morgan fingerprint density at radius 1 is 1.06 bits per heavy atom. The van der Waals surface area contributed by atoms with E-state index in [1.807, 2.05) is 36.4 Å². The quantitative estimate of drug-likeness (QED) is 0.424. The number of hydrogen-bond donors (Lipinski definition) is 1. The zero-order valence-corrected chi connectivity index (χ0v) is 18.5. The van der Waals surface area contributed by atoms with Crippen LogP contribution in [0.4, 0.5) is 0 Å². The Hall–Kier alpha value is -3.54. The fourth-order valence-corrected chi connectivity index (χ4v) is 3.92. The average molecular weight is 433 g/mol. The van der Waals surface area contributed by atoms with E-state index < -0.39 is 5.97 Å². The van der Waals surface area contributed by atoms with E-state index >= 15 is 0 Å². The first-order valence-corrected chi connectivity index (χ1v) is 11.1. The molecule has 166 valence electrons. The van der Waals surface area contributed by atoms with Gasteiger partial charge in [0.05, 0.1) is 24.5 Å². The maximum atomic E-state index is 13.3. The summed E-state index contributed by atoms with van der Waals surface area (Å²) in [6.45, 7) is 5.27. The average Bonchev–Trinajstić information content (AvgIpc) is 3.07. The zero-order valence-electron chi connectivity index (χ0n) is 18.5. The van der Waals surface area contributed by atoms with Crippen LogP contribution in [0.5, 0.6) is 5.75 Å². The Balaban J connectivity index is 1.63. The van der Waals surface area contributed by atoms with Gasteiger partial charge in [-0.1, -0.05) is 31.5 Å². The van der Waals surface area contributed by atoms with Crippen LogP contribution >= 0.6 is 0 Å². The Kier molecular flexibility index (Phi) is 6.59. The van der Waals surface area contributed by atoms with Crippen molar-refractivity contribution in [3.05, 3.63) is 71.6 Å². The van der Waals surface area contributed by atoms with Gasteiger partial charge >= 0.3 is 5.97 Å². The third-order valence-corrected chi connectivity index (χ3v) is 5.59. The van der Waals surface area contributed by atoms with E-state index in [-0.39, 0.29) is 12.5 Å². The summed E-state index contributed by atoms with van der Waals surface area (Å²) in [5, 5.41) is 1.06. The van der Waals surface area contributed by atoms with Crippen LogP contribution in [-0.4, -0.2) is 41.5 Å². The number of para-hydroxylation sites is 1. The molecule has 0 radical (unpaired) electrons. The topological polar surface area (TPSA) is 71.6 Å². The van der Waals surface area contributed by atoms with Crippen molar-refractivity contribution < 1.29 is 19.1 Å². The van der Waals surface area contributed by atoms with Gasteiger partial charge in [0.25, 0.3) is 5.91 Å². The lowest BCUT2D eigenvalue weighted by atomic mass is 10.0. The Labute approximate surface area is 187 Å². The minimum absolute atomic E-state index is 0.165. The molecule has 6 heteroatoms. The molecule has 1 aliphatic rings. The maximum Gasteiger partial charge on any atom is 0.341 e.